The van der Waals surface area contributed by atoms with Crippen molar-refractivity contribution in [1.82, 2.24) is 15.5 Å². The molecule has 0 aromatic heterocycles. The highest BCUT2D eigenvalue weighted by atomic mass is 35.5. The lowest BCUT2D eigenvalue weighted by molar-refractivity contribution is -0.134. The normalized spacial score (nSPS) is 26.7. The zero-order valence-electron chi connectivity index (χ0n) is 11.2. The molecule has 0 radical (unpaired) electrons. The zero-order chi connectivity index (χ0) is 13.0. The molecule has 2 aliphatic heterocycles. The van der Waals surface area contributed by atoms with E-state index in [0.717, 1.165) is 25.9 Å². The highest BCUT2D eigenvalue weighted by Gasteiger charge is 2.28. The molecule has 2 rings (SSSR count). The Morgan fingerprint density at radius 2 is 2.05 bits per heavy atom. The number of nitrogens with one attached hydrogen (secondary N) is 2. The van der Waals surface area contributed by atoms with Gasteiger partial charge in [-0.1, -0.05) is 0 Å². The summed E-state index contributed by atoms with van der Waals surface area (Å²) in [5.41, 5.74) is 0. The fourth-order valence-electron chi connectivity index (χ4n) is 2.38. The van der Waals surface area contributed by atoms with Crippen LogP contribution in [-0.4, -0.2) is 61.6 Å². The second-order valence-electron chi connectivity index (χ2n) is 4.81. The Labute approximate surface area is 119 Å². The van der Waals surface area contributed by atoms with Crippen molar-refractivity contribution in [2.75, 3.05) is 32.8 Å². The first-order valence-electron chi connectivity index (χ1n) is 6.59. The van der Waals surface area contributed by atoms with Crippen LogP contribution in [-0.2, 0) is 14.3 Å². The maximum Gasteiger partial charge on any atom is 0.241 e. The predicted molar refractivity (Wildman–Crippen MR) is 73.3 cm³/mol. The number of ether oxygens (including phenoxy) is 1. The Morgan fingerprint density at radius 3 is 2.68 bits per heavy atom. The summed E-state index contributed by atoms with van der Waals surface area (Å²) in [5.74, 6) is -0.153. The molecule has 0 bridgehead atoms. The first-order valence-corrected chi connectivity index (χ1v) is 6.59. The Bertz CT molecular complexity index is 321. The number of hydrogen-bond acceptors (Lipinski definition) is 4. The van der Waals surface area contributed by atoms with Crippen LogP contribution in [0, 0.1) is 0 Å². The molecule has 0 aromatic carbocycles. The number of rotatable bonds is 3. The van der Waals surface area contributed by atoms with E-state index in [1.807, 2.05) is 6.92 Å². The number of halogens is 1. The minimum Gasteiger partial charge on any atom is -0.375 e. The minimum atomic E-state index is -0.356. The fourth-order valence-corrected chi connectivity index (χ4v) is 2.38. The number of amides is 2. The SMILES string of the molecule is C[C@H]1OCCN[C@@H]1C(=O)NCC(=O)N1CCCC1.Cl. The topological polar surface area (TPSA) is 70.7 Å². The standard InChI is InChI=1S/C12H21N3O3.ClH/c1-9-11(13-4-7-18-9)12(17)14-8-10(16)15-5-2-3-6-15;/h9,11,13H,2-8H2,1H3,(H,14,17);1H/t9-,11+;/m1./s1. The van der Waals surface area contributed by atoms with Gasteiger partial charge in [0.1, 0.15) is 6.04 Å². The van der Waals surface area contributed by atoms with E-state index in [0.29, 0.717) is 13.2 Å². The van der Waals surface area contributed by atoms with Gasteiger partial charge in [0.2, 0.25) is 11.8 Å². The first kappa shape index (κ1) is 16.2. The summed E-state index contributed by atoms with van der Waals surface area (Å²) in [5, 5.41) is 5.79. The van der Waals surface area contributed by atoms with Crippen molar-refractivity contribution in [2.45, 2.75) is 31.9 Å². The molecule has 2 saturated heterocycles. The quantitative estimate of drug-likeness (QED) is 0.737. The van der Waals surface area contributed by atoms with Crippen molar-refractivity contribution in [3.8, 4) is 0 Å². The molecule has 2 atom stereocenters. The van der Waals surface area contributed by atoms with Crippen molar-refractivity contribution in [3.63, 3.8) is 0 Å². The monoisotopic (exact) mass is 291 g/mol. The second-order valence-corrected chi connectivity index (χ2v) is 4.81. The van der Waals surface area contributed by atoms with Gasteiger partial charge in [0.15, 0.2) is 0 Å². The minimum absolute atomic E-state index is 0. The van der Waals surface area contributed by atoms with Gasteiger partial charge in [0, 0.05) is 19.6 Å². The zero-order valence-corrected chi connectivity index (χ0v) is 12.0. The summed E-state index contributed by atoms with van der Waals surface area (Å²) >= 11 is 0. The number of hydrogen-bond donors (Lipinski definition) is 2. The van der Waals surface area contributed by atoms with Crippen molar-refractivity contribution in [1.29, 1.82) is 0 Å². The van der Waals surface area contributed by atoms with Crippen LogP contribution >= 0.6 is 12.4 Å². The molecule has 2 N–H and O–H groups in total. The maximum absolute atomic E-state index is 11.9. The Kier molecular flexibility index (Phi) is 6.54. The first-order chi connectivity index (χ1) is 8.68. The number of nitrogens with zero attached hydrogens (tertiary/aromatic N) is 1. The van der Waals surface area contributed by atoms with Crippen LogP contribution < -0.4 is 10.6 Å². The van der Waals surface area contributed by atoms with E-state index in [4.69, 9.17) is 4.74 Å². The van der Waals surface area contributed by atoms with Crippen LogP contribution in [0.2, 0.25) is 0 Å². The number of likely N-dealkylation sites (tertiary alicyclic amines) is 1. The summed E-state index contributed by atoms with van der Waals surface area (Å²) in [6.45, 7) is 4.87. The highest BCUT2D eigenvalue weighted by molar-refractivity contribution is 5.88. The summed E-state index contributed by atoms with van der Waals surface area (Å²) < 4.78 is 5.40. The molecule has 2 amide bonds. The lowest BCUT2D eigenvalue weighted by atomic mass is 10.1. The van der Waals surface area contributed by atoms with Crippen molar-refractivity contribution < 1.29 is 14.3 Å². The molecule has 2 heterocycles. The van der Waals surface area contributed by atoms with Gasteiger partial charge in [-0.05, 0) is 19.8 Å². The Hall–Kier alpha value is -0.850. The van der Waals surface area contributed by atoms with Gasteiger partial charge in [-0.2, -0.15) is 0 Å². The molecule has 0 aromatic rings. The largest absolute Gasteiger partial charge is 0.375 e. The summed E-state index contributed by atoms with van der Waals surface area (Å²) in [4.78, 5) is 25.5. The molecular weight excluding hydrogens is 270 g/mol. The average molecular weight is 292 g/mol. The van der Waals surface area contributed by atoms with Crippen molar-refractivity contribution in [2.24, 2.45) is 0 Å². The molecule has 0 aliphatic carbocycles. The molecule has 0 spiro atoms. The van der Waals surface area contributed by atoms with Crippen molar-refractivity contribution >= 4 is 24.2 Å². The van der Waals surface area contributed by atoms with E-state index in [1.54, 1.807) is 4.90 Å². The fraction of sp³-hybridized carbons (Fsp3) is 0.833. The molecule has 6 nitrogen and oxygen atoms in total. The molecule has 0 unspecified atom stereocenters. The molecule has 2 fully saturated rings. The lowest BCUT2D eigenvalue weighted by Gasteiger charge is -2.29. The highest BCUT2D eigenvalue weighted by Crippen LogP contribution is 2.07. The molecule has 110 valence electrons. The third kappa shape index (κ3) is 4.33. The van der Waals surface area contributed by atoms with Gasteiger partial charge in [0.25, 0.3) is 0 Å². The van der Waals surface area contributed by atoms with E-state index in [1.165, 1.54) is 0 Å². The van der Waals surface area contributed by atoms with Crippen LogP contribution in [0.15, 0.2) is 0 Å². The van der Waals surface area contributed by atoms with Gasteiger partial charge < -0.3 is 20.3 Å². The predicted octanol–water partition coefficient (Wildman–Crippen LogP) is -0.476. The van der Waals surface area contributed by atoms with Crippen LogP contribution in [0.3, 0.4) is 0 Å². The van der Waals surface area contributed by atoms with E-state index in [2.05, 4.69) is 10.6 Å². The summed E-state index contributed by atoms with van der Waals surface area (Å²) in [6.07, 6.45) is 1.98. The van der Waals surface area contributed by atoms with Gasteiger partial charge >= 0.3 is 0 Å². The van der Waals surface area contributed by atoms with Crippen LogP contribution in [0.25, 0.3) is 0 Å². The third-order valence-electron chi connectivity index (χ3n) is 3.47. The van der Waals surface area contributed by atoms with Gasteiger partial charge in [-0.15, -0.1) is 12.4 Å². The molecular formula is C12H22ClN3O3. The van der Waals surface area contributed by atoms with E-state index in [-0.39, 0.29) is 42.9 Å². The average Bonchev–Trinajstić information content (AvgIpc) is 2.90. The molecule has 7 heteroatoms. The van der Waals surface area contributed by atoms with Gasteiger partial charge in [-0.25, -0.2) is 0 Å². The van der Waals surface area contributed by atoms with E-state index < -0.39 is 0 Å². The third-order valence-corrected chi connectivity index (χ3v) is 3.47. The Balaban J connectivity index is 0.00000180. The van der Waals surface area contributed by atoms with Gasteiger partial charge in [0.05, 0.1) is 19.3 Å². The van der Waals surface area contributed by atoms with Crippen LogP contribution in [0.1, 0.15) is 19.8 Å². The molecule has 0 saturated carbocycles. The van der Waals surface area contributed by atoms with E-state index >= 15 is 0 Å². The Morgan fingerprint density at radius 1 is 1.37 bits per heavy atom. The summed E-state index contributed by atoms with van der Waals surface area (Å²) in [6, 6.07) is -0.356. The van der Waals surface area contributed by atoms with Crippen LogP contribution in [0.4, 0.5) is 0 Å². The number of carbonyl (C=O) groups excluding carboxylic acids is 2. The second kappa shape index (κ2) is 7.67. The number of morpholine rings is 1. The maximum atomic E-state index is 11.9. The lowest BCUT2D eigenvalue weighted by Crippen LogP contribution is -2.56. The number of carbonyl (C=O) groups is 2. The van der Waals surface area contributed by atoms with Crippen molar-refractivity contribution in [3.05, 3.63) is 0 Å². The molecule has 19 heavy (non-hydrogen) atoms. The van der Waals surface area contributed by atoms with Gasteiger partial charge in [-0.3, -0.25) is 9.59 Å². The molecule has 2 aliphatic rings. The van der Waals surface area contributed by atoms with Crippen LogP contribution in [0.5, 0.6) is 0 Å². The smallest absolute Gasteiger partial charge is 0.241 e. The van der Waals surface area contributed by atoms with E-state index in [9.17, 15) is 9.59 Å². The summed E-state index contributed by atoms with van der Waals surface area (Å²) in [7, 11) is 0.